The highest BCUT2D eigenvalue weighted by Crippen LogP contribution is 2.26. The highest BCUT2D eigenvalue weighted by Gasteiger charge is 2.42. The maximum absolute atomic E-state index is 12.1. The molecule has 5 heteroatoms. The highest BCUT2D eigenvalue weighted by molar-refractivity contribution is 5.87. The van der Waals surface area contributed by atoms with Gasteiger partial charge in [-0.1, -0.05) is 30.3 Å². The summed E-state index contributed by atoms with van der Waals surface area (Å²) in [5.41, 5.74) is 1.23. The van der Waals surface area contributed by atoms with Crippen LogP contribution in [0.3, 0.4) is 0 Å². The molecule has 5 nitrogen and oxygen atoms in total. The Labute approximate surface area is 117 Å². The van der Waals surface area contributed by atoms with Crippen LogP contribution in [0.5, 0.6) is 0 Å². The fraction of sp³-hybridized carbons (Fsp3) is 0.467. The number of piperidine rings is 2. The third-order valence-electron chi connectivity index (χ3n) is 4.16. The first-order valence-corrected chi connectivity index (χ1v) is 6.91. The maximum Gasteiger partial charge on any atom is 0.407 e. The molecule has 0 spiro atoms. The normalized spacial score (nSPS) is 26.6. The van der Waals surface area contributed by atoms with Gasteiger partial charge in [0.2, 0.25) is 0 Å². The van der Waals surface area contributed by atoms with Gasteiger partial charge in [-0.3, -0.25) is 9.69 Å². The molecular formula is C15H18N2O3. The Hall–Kier alpha value is -1.88. The molecule has 1 aromatic carbocycles. The molecule has 0 aliphatic carbocycles. The highest BCUT2D eigenvalue weighted by atomic mass is 16.4. The molecule has 2 aliphatic rings. The molecule has 1 amide bonds. The SMILES string of the molecule is O=C1C2CN(Cc3ccccc3)CC1CN(C(=O)O)C2. The average Bonchev–Trinajstić information content (AvgIpc) is 2.40. The van der Waals surface area contributed by atoms with Gasteiger partial charge in [-0.05, 0) is 5.56 Å². The van der Waals surface area contributed by atoms with Crippen LogP contribution >= 0.6 is 0 Å². The number of carbonyl (C=O) groups is 2. The molecule has 3 rings (SSSR count). The van der Waals surface area contributed by atoms with Gasteiger partial charge in [0.25, 0.3) is 0 Å². The zero-order valence-electron chi connectivity index (χ0n) is 11.2. The molecule has 2 bridgehead atoms. The first-order valence-electron chi connectivity index (χ1n) is 6.91. The lowest BCUT2D eigenvalue weighted by Gasteiger charge is -2.43. The van der Waals surface area contributed by atoms with Crippen LogP contribution in [0, 0.1) is 11.8 Å². The Morgan fingerprint density at radius 1 is 1.10 bits per heavy atom. The standard InChI is InChI=1S/C15H18N2O3/c18-14-12-7-16(6-11-4-2-1-3-5-11)8-13(14)10-17(9-12)15(19)20/h1-5,12-13H,6-10H2,(H,19,20). The molecule has 2 fully saturated rings. The van der Waals surface area contributed by atoms with E-state index in [-0.39, 0.29) is 17.6 Å². The van der Waals surface area contributed by atoms with Gasteiger partial charge in [-0.15, -0.1) is 0 Å². The minimum Gasteiger partial charge on any atom is -0.465 e. The number of hydrogen-bond acceptors (Lipinski definition) is 3. The number of carbonyl (C=O) groups excluding carboxylic acids is 1. The Balaban J connectivity index is 1.68. The minimum atomic E-state index is -0.913. The molecule has 106 valence electrons. The van der Waals surface area contributed by atoms with Gasteiger partial charge in [0, 0.05) is 44.6 Å². The van der Waals surface area contributed by atoms with Gasteiger partial charge in [0.05, 0.1) is 0 Å². The van der Waals surface area contributed by atoms with Crippen molar-refractivity contribution in [1.29, 1.82) is 0 Å². The van der Waals surface area contributed by atoms with Crippen LogP contribution in [0.15, 0.2) is 30.3 Å². The van der Waals surface area contributed by atoms with Gasteiger partial charge in [-0.25, -0.2) is 4.79 Å². The van der Waals surface area contributed by atoms with Crippen molar-refractivity contribution in [2.24, 2.45) is 11.8 Å². The number of hydrogen-bond donors (Lipinski definition) is 1. The lowest BCUT2D eigenvalue weighted by Crippen LogP contribution is -2.58. The number of carboxylic acid groups (broad SMARTS) is 1. The number of benzene rings is 1. The topological polar surface area (TPSA) is 60.9 Å². The molecular weight excluding hydrogens is 256 g/mol. The predicted molar refractivity (Wildman–Crippen MR) is 73.3 cm³/mol. The van der Waals surface area contributed by atoms with Crippen LogP contribution in [0.4, 0.5) is 4.79 Å². The third-order valence-corrected chi connectivity index (χ3v) is 4.16. The smallest absolute Gasteiger partial charge is 0.407 e. The van der Waals surface area contributed by atoms with Crippen LogP contribution < -0.4 is 0 Å². The average molecular weight is 274 g/mol. The van der Waals surface area contributed by atoms with E-state index in [1.54, 1.807) is 0 Å². The van der Waals surface area contributed by atoms with Crippen molar-refractivity contribution in [1.82, 2.24) is 9.80 Å². The second-order valence-electron chi connectivity index (χ2n) is 5.66. The van der Waals surface area contributed by atoms with Crippen LogP contribution in [0.1, 0.15) is 5.56 Å². The summed E-state index contributed by atoms with van der Waals surface area (Å²) in [6.07, 6.45) is -0.913. The molecule has 0 aromatic heterocycles. The lowest BCUT2D eigenvalue weighted by atomic mass is 9.83. The quantitative estimate of drug-likeness (QED) is 0.883. The minimum absolute atomic E-state index is 0.165. The van der Waals surface area contributed by atoms with E-state index in [0.29, 0.717) is 26.2 Å². The molecule has 2 unspecified atom stereocenters. The summed E-state index contributed by atoms with van der Waals surface area (Å²) in [6, 6.07) is 10.2. The number of ketones is 1. The van der Waals surface area contributed by atoms with Gasteiger partial charge in [-0.2, -0.15) is 0 Å². The summed E-state index contributed by atoms with van der Waals surface area (Å²) in [5, 5.41) is 9.08. The fourth-order valence-corrected chi connectivity index (χ4v) is 3.24. The molecule has 0 radical (unpaired) electrons. The predicted octanol–water partition coefficient (Wildman–Crippen LogP) is 1.30. The van der Waals surface area contributed by atoms with Crippen molar-refractivity contribution in [3.63, 3.8) is 0 Å². The van der Waals surface area contributed by atoms with E-state index in [2.05, 4.69) is 17.0 Å². The molecule has 2 heterocycles. The van der Waals surface area contributed by atoms with Crippen molar-refractivity contribution in [2.45, 2.75) is 6.54 Å². The molecule has 20 heavy (non-hydrogen) atoms. The number of rotatable bonds is 2. The van der Waals surface area contributed by atoms with Gasteiger partial charge < -0.3 is 10.0 Å². The van der Waals surface area contributed by atoms with Crippen LogP contribution in [-0.4, -0.2) is 53.0 Å². The van der Waals surface area contributed by atoms with Gasteiger partial charge in [0.1, 0.15) is 5.78 Å². The Morgan fingerprint density at radius 2 is 1.70 bits per heavy atom. The largest absolute Gasteiger partial charge is 0.465 e. The summed E-state index contributed by atoms with van der Waals surface area (Å²) < 4.78 is 0. The van der Waals surface area contributed by atoms with E-state index >= 15 is 0 Å². The van der Waals surface area contributed by atoms with E-state index in [9.17, 15) is 9.59 Å². The van der Waals surface area contributed by atoms with Crippen molar-refractivity contribution < 1.29 is 14.7 Å². The zero-order chi connectivity index (χ0) is 14.1. The third kappa shape index (κ3) is 2.54. The molecule has 2 saturated heterocycles. The number of likely N-dealkylation sites (tertiary alicyclic amines) is 2. The van der Waals surface area contributed by atoms with Crippen LogP contribution in [0.2, 0.25) is 0 Å². The van der Waals surface area contributed by atoms with E-state index < -0.39 is 6.09 Å². The molecule has 2 aliphatic heterocycles. The second kappa shape index (κ2) is 5.25. The summed E-state index contributed by atoms with van der Waals surface area (Å²) in [5.74, 6) is -0.0866. The first kappa shape index (κ1) is 13.1. The summed E-state index contributed by atoms with van der Waals surface area (Å²) >= 11 is 0. The van der Waals surface area contributed by atoms with E-state index in [1.807, 2.05) is 18.2 Å². The van der Waals surface area contributed by atoms with Crippen molar-refractivity contribution in [3.8, 4) is 0 Å². The van der Waals surface area contributed by atoms with Gasteiger partial charge >= 0.3 is 6.09 Å². The lowest BCUT2D eigenvalue weighted by molar-refractivity contribution is -0.136. The Kier molecular flexibility index (Phi) is 3.44. The van der Waals surface area contributed by atoms with Crippen molar-refractivity contribution >= 4 is 11.9 Å². The first-order chi connectivity index (χ1) is 9.63. The maximum atomic E-state index is 12.1. The van der Waals surface area contributed by atoms with Crippen LogP contribution in [-0.2, 0) is 11.3 Å². The number of fused-ring (bicyclic) bond motifs is 2. The molecule has 0 saturated carbocycles. The van der Waals surface area contributed by atoms with E-state index in [0.717, 1.165) is 6.54 Å². The van der Waals surface area contributed by atoms with E-state index in [4.69, 9.17) is 5.11 Å². The summed E-state index contributed by atoms with van der Waals surface area (Å²) in [7, 11) is 0. The number of Topliss-reactive ketones (excluding diaryl/α,β-unsaturated/α-hetero) is 1. The van der Waals surface area contributed by atoms with Gasteiger partial charge in [0.15, 0.2) is 0 Å². The fourth-order valence-electron chi connectivity index (χ4n) is 3.24. The van der Waals surface area contributed by atoms with Crippen LogP contribution in [0.25, 0.3) is 0 Å². The summed E-state index contributed by atoms with van der Waals surface area (Å²) in [4.78, 5) is 26.8. The second-order valence-corrected chi connectivity index (χ2v) is 5.66. The Morgan fingerprint density at radius 3 is 2.25 bits per heavy atom. The molecule has 2 atom stereocenters. The summed E-state index contributed by atoms with van der Waals surface area (Å²) in [6.45, 7) is 2.84. The monoisotopic (exact) mass is 274 g/mol. The van der Waals surface area contributed by atoms with E-state index in [1.165, 1.54) is 10.5 Å². The molecule has 1 N–H and O–H groups in total. The number of amides is 1. The van der Waals surface area contributed by atoms with Crippen molar-refractivity contribution in [2.75, 3.05) is 26.2 Å². The Bertz CT molecular complexity index is 499. The zero-order valence-corrected chi connectivity index (χ0v) is 11.2. The molecule has 1 aromatic rings. The van der Waals surface area contributed by atoms with Crippen molar-refractivity contribution in [3.05, 3.63) is 35.9 Å². The number of nitrogens with zero attached hydrogens (tertiary/aromatic N) is 2.